The van der Waals surface area contributed by atoms with Gasteiger partial charge in [0.15, 0.2) is 0 Å². The second-order valence-electron chi connectivity index (χ2n) is 6.57. The third-order valence-corrected chi connectivity index (χ3v) is 3.50. The minimum atomic E-state index is -1.26. The molecule has 6 heteroatoms. The number of amides is 1. The summed E-state index contributed by atoms with van der Waals surface area (Å²) < 4.78 is 1.76. The zero-order valence-electron chi connectivity index (χ0n) is 13.6. The van der Waals surface area contributed by atoms with Crippen LogP contribution in [0.15, 0.2) is 6.20 Å². The summed E-state index contributed by atoms with van der Waals surface area (Å²) in [6.45, 7) is 11.2. The van der Waals surface area contributed by atoms with Crippen molar-refractivity contribution < 1.29 is 14.7 Å². The average Bonchev–Trinajstić information content (AvgIpc) is 2.70. The van der Waals surface area contributed by atoms with Crippen LogP contribution in [0.2, 0.25) is 0 Å². The summed E-state index contributed by atoms with van der Waals surface area (Å²) in [5.74, 6) is -1.43. The maximum atomic E-state index is 12.4. The molecule has 1 rings (SSSR count). The Morgan fingerprint density at radius 2 is 1.90 bits per heavy atom. The summed E-state index contributed by atoms with van der Waals surface area (Å²) in [7, 11) is 0. The zero-order chi connectivity index (χ0) is 16.4. The summed E-state index contributed by atoms with van der Waals surface area (Å²) in [4.78, 5) is 23.8. The molecule has 1 atom stereocenters. The number of carbonyl (C=O) groups excluding carboxylic acids is 1. The van der Waals surface area contributed by atoms with Gasteiger partial charge in [-0.2, -0.15) is 5.10 Å². The molecule has 0 saturated carbocycles. The highest BCUT2D eigenvalue weighted by Crippen LogP contribution is 2.20. The van der Waals surface area contributed by atoms with Crippen molar-refractivity contribution >= 4 is 11.9 Å². The van der Waals surface area contributed by atoms with Crippen LogP contribution in [-0.2, 0) is 10.3 Å². The van der Waals surface area contributed by atoms with Crippen LogP contribution in [0.5, 0.6) is 0 Å². The molecule has 0 saturated heterocycles. The van der Waals surface area contributed by atoms with Gasteiger partial charge in [0.1, 0.15) is 5.54 Å². The van der Waals surface area contributed by atoms with Crippen molar-refractivity contribution in [1.82, 2.24) is 15.1 Å². The number of aliphatic carboxylic acids is 1. The molecule has 0 aromatic carbocycles. The standard InChI is InChI=1S/C15H25N3O3/c1-7-8-15(6,13(20)21)17-12(19)11-9-16-18(10(11)2)14(3,4)5/h9H,7-8H2,1-6H3,(H,17,19)(H,20,21). The molecule has 0 radical (unpaired) electrons. The van der Waals surface area contributed by atoms with Gasteiger partial charge in [-0.1, -0.05) is 13.3 Å². The van der Waals surface area contributed by atoms with Crippen molar-refractivity contribution in [2.24, 2.45) is 0 Å². The normalized spacial score (nSPS) is 14.6. The lowest BCUT2D eigenvalue weighted by atomic mass is 9.96. The Balaban J connectivity index is 3.05. The van der Waals surface area contributed by atoms with Gasteiger partial charge in [-0.15, -0.1) is 0 Å². The average molecular weight is 295 g/mol. The minimum absolute atomic E-state index is 0.234. The largest absolute Gasteiger partial charge is 0.480 e. The molecule has 1 amide bonds. The maximum Gasteiger partial charge on any atom is 0.329 e. The fourth-order valence-corrected chi connectivity index (χ4v) is 2.35. The molecule has 1 aromatic heterocycles. The van der Waals surface area contributed by atoms with Crippen molar-refractivity contribution in [2.75, 3.05) is 0 Å². The topological polar surface area (TPSA) is 84.2 Å². The van der Waals surface area contributed by atoms with Crippen molar-refractivity contribution in [3.8, 4) is 0 Å². The molecule has 0 spiro atoms. The second-order valence-corrected chi connectivity index (χ2v) is 6.57. The number of aromatic nitrogens is 2. The second kappa shape index (κ2) is 5.87. The molecule has 0 aliphatic heterocycles. The van der Waals surface area contributed by atoms with Gasteiger partial charge in [0, 0.05) is 5.69 Å². The number of carboxylic acid groups (broad SMARTS) is 1. The number of hydrogen-bond acceptors (Lipinski definition) is 3. The molecule has 0 bridgehead atoms. The van der Waals surface area contributed by atoms with Gasteiger partial charge in [-0.05, 0) is 41.0 Å². The summed E-state index contributed by atoms with van der Waals surface area (Å²) >= 11 is 0. The van der Waals surface area contributed by atoms with Gasteiger partial charge in [0.2, 0.25) is 0 Å². The Labute approximate surface area is 125 Å². The molecule has 118 valence electrons. The smallest absolute Gasteiger partial charge is 0.329 e. The van der Waals surface area contributed by atoms with Crippen LogP contribution in [-0.4, -0.2) is 32.3 Å². The highest BCUT2D eigenvalue weighted by molar-refractivity contribution is 5.98. The highest BCUT2D eigenvalue weighted by Gasteiger charge is 2.35. The lowest BCUT2D eigenvalue weighted by molar-refractivity contribution is -0.144. The van der Waals surface area contributed by atoms with Gasteiger partial charge in [-0.25, -0.2) is 4.79 Å². The first-order valence-electron chi connectivity index (χ1n) is 7.14. The van der Waals surface area contributed by atoms with Crippen molar-refractivity contribution in [1.29, 1.82) is 0 Å². The van der Waals surface area contributed by atoms with Crippen LogP contribution in [0.25, 0.3) is 0 Å². The molecule has 6 nitrogen and oxygen atoms in total. The zero-order valence-corrected chi connectivity index (χ0v) is 13.6. The molecule has 0 aliphatic rings. The fourth-order valence-electron chi connectivity index (χ4n) is 2.35. The number of nitrogens with zero attached hydrogens (tertiary/aromatic N) is 2. The third-order valence-electron chi connectivity index (χ3n) is 3.50. The molecule has 21 heavy (non-hydrogen) atoms. The predicted octanol–water partition coefficient (Wildman–Crippen LogP) is 2.32. The molecule has 0 fully saturated rings. The van der Waals surface area contributed by atoms with E-state index in [-0.39, 0.29) is 5.54 Å². The summed E-state index contributed by atoms with van der Waals surface area (Å²) in [6, 6.07) is 0. The van der Waals surface area contributed by atoms with Gasteiger partial charge >= 0.3 is 5.97 Å². The lowest BCUT2D eigenvalue weighted by Crippen LogP contribution is -2.52. The first kappa shape index (κ1) is 17.2. The SMILES string of the molecule is CCCC(C)(NC(=O)c1cnn(C(C)(C)C)c1C)C(=O)O. The highest BCUT2D eigenvalue weighted by atomic mass is 16.4. The first-order valence-corrected chi connectivity index (χ1v) is 7.14. The van der Waals surface area contributed by atoms with Gasteiger partial charge < -0.3 is 10.4 Å². The van der Waals surface area contributed by atoms with E-state index in [0.29, 0.717) is 18.4 Å². The van der Waals surface area contributed by atoms with Gasteiger partial charge in [0.25, 0.3) is 5.91 Å². The number of carboxylic acids is 1. The molecule has 0 aliphatic carbocycles. The van der Waals surface area contributed by atoms with Crippen LogP contribution < -0.4 is 5.32 Å². The predicted molar refractivity (Wildman–Crippen MR) is 80.4 cm³/mol. The first-order chi connectivity index (χ1) is 9.53. The van der Waals surface area contributed by atoms with Crippen molar-refractivity contribution in [3.63, 3.8) is 0 Å². The van der Waals surface area contributed by atoms with Crippen LogP contribution in [0.3, 0.4) is 0 Å². The van der Waals surface area contributed by atoms with E-state index >= 15 is 0 Å². The van der Waals surface area contributed by atoms with Gasteiger partial charge in [-0.3, -0.25) is 9.48 Å². The Hall–Kier alpha value is -1.85. The van der Waals surface area contributed by atoms with E-state index in [1.807, 2.05) is 34.6 Å². The quantitative estimate of drug-likeness (QED) is 0.873. The molecule has 2 N–H and O–H groups in total. The number of hydrogen-bond donors (Lipinski definition) is 2. The number of carbonyl (C=O) groups is 2. The molecular weight excluding hydrogens is 270 g/mol. The summed E-state index contributed by atoms with van der Waals surface area (Å²) in [6.07, 6.45) is 2.54. The van der Waals surface area contributed by atoms with Crippen molar-refractivity contribution in [3.05, 3.63) is 17.5 Å². The monoisotopic (exact) mass is 295 g/mol. The lowest BCUT2D eigenvalue weighted by Gasteiger charge is -2.26. The molecule has 1 unspecified atom stereocenters. The Bertz CT molecular complexity index is 543. The van der Waals surface area contributed by atoms with Crippen LogP contribution in [0.1, 0.15) is 63.5 Å². The third kappa shape index (κ3) is 3.62. The van der Waals surface area contributed by atoms with Crippen molar-refractivity contribution in [2.45, 2.75) is 65.5 Å². The van der Waals surface area contributed by atoms with E-state index < -0.39 is 17.4 Å². The van der Waals surface area contributed by atoms with E-state index in [9.17, 15) is 14.7 Å². The van der Waals surface area contributed by atoms with E-state index in [2.05, 4.69) is 10.4 Å². The van der Waals surface area contributed by atoms with Gasteiger partial charge in [0.05, 0.1) is 17.3 Å². The summed E-state index contributed by atoms with van der Waals surface area (Å²) in [5.41, 5.74) is -0.359. The summed E-state index contributed by atoms with van der Waals surface area (Å²) in [5, 5.41) is 16.2. The van der Waals surface area contributed by atoms with E-state index in [1.54, 1.807) is 4.68 Å². The fraction of sp³-hybridized carbons (Fsp3) is 0.667. The van der Waals surface area contributed by atoms with Crippen LogP contribution in [0.4, 0.5) is 0 Å². The Kier molecular flexibility index (Phi) is 4.81. The minimum Gasteiger partial charge on any atom is -0.480 e. The number of rotatable bonds is 5. The Morgan fingerprint density at radius 3 is 2.29 bits per heavy atom. The number of nitrogens with one attached hydrogen (secondary N) is 1. The van der Waals surface area contributed by atoms with Crippen LogP contribution >= 0.6 is 0 Å². The maximum absolute atomic E-state index is 12.4. The van der Waals surface area contributed by atoms with E-state index in [1.165, 1.54) is 13.1 Å². The van der Waals surface area contributed by atoms with Crippen LogP contribution in [0, 0.1) is 6.92 Å². The molecular formula is C15H25N3O3. The van der Waals surface area contributed by atoms with E-state index in [0.717, 1.165) is 5.69 Å². The Morgan fingerprint density at radius 1 is 1.33 bits per heavy atom. The van der Waals surface area contributed by atoms with E-state index in [4.69, 9.17) is 0 Å². The molecule has 1 aromatic rings. The molecule has 1 heterocycles.